The number of aliphatic carboxylic acids is 1. The Morgan fingerprint density at radius 3 is 1.74 bits per heavy atom. The zero-order chi connectivity index (χ0) is 42.6. The summed E-state index contributed by atoms with van der Waals surface area (Å²) in [5.41, 5.74) is 5.94. The van der Waals surface area contributed by atoms with Gasteiger partial charge in [0.2, 0.25) is 5.91 Å². The summed E-state index contributed by atoms with van der Waals surface area (Å²) >= 11 is 3.25. The number of ether oxygens (including phenoxy) is 2. The number of likely N-dealkylation sites (tertiary alicyclic amines) is 1. The van der Waals surface area contributed by atoms with E-state index in [1.807, 2.05) is 41.6 Å². The normalized spacial score (nSPS) is 17.4. The van der Waals surface area contributed by atoms with Gasteiger partial charge in [-0.05, 0) is 88.0 Å². The van der Waals surface area contributed by atoms with E-state index in [0.29, 0.717) is 48.5 Å². The number of methoxy groups -OCH3 is 2. The second kappa shape index (κ2) is 16.1. The molecule has 2 atom stereocenters. The number of likely N-dealkylation sites (N-methyl/N-ethyl adjacent to an activating group) is 1. The quantitative estimate of drug-likeness (QED) is 0.148. The Morgan fingerprint density at radius 1 is 0.758 bits per heavy atom. The van der Waals surface area contributed by atoms with Gasteiger partial charge in [0.25, 0.3) is 0 Å². The van der Waals surface area contributed by atoms with Crippen LogP contribution >= 0.6 is 22.7 Å². The van der Waals surface area contributed by atoms with Crippen LogP contribution < -0.4 is 20.1 Å². The molecule has 1 amide bonds. The number of aromatic nitrogens is 8. The summed E-state index contributed by atoms with van der Waals surface area (Å²) in [6.07, 6.45) is 14.7. The average molecular weight is 873 g/mol. The van der Waals surface area contributed by atoms with Crippen molar-refractivity contribution in [2.75, 3.05) is 52.0 Å². The Balaban J connectivity index is 0.000000151. The van der Waals surface area contributed by atoms with Crippen LogP contribution in [0.15, 0.2) is 61.7 Å². The third-order valence-corrected chi connectivity index (χ3v) is 14.6. The maximum absolute atomic E-state index is 13.1. The van der Waals surface area contributed by atoms with Gasteiger partial charge in [-0.1, -0.05) is 0 Å². The Bertz CT molecular complexity index is 3010. The van der Waals surface area contributed by atoms with Gasteiger partial charge in [-0.25, -0.2) is 29.0 Å². The number of nitrogens with zero attached hydrogens (tertiary/aromatic N) is 10. The second-order valence-electron chi connectivity index (χ2n) is 16.1. The lowest BCUT2D eigenvalue weighted by molar-refractivity contribution is -0.143. The standard InChI is InChI=1S/C24H27N7O2S.C19H17N5O3S/c1-29(2)16-10-30(11-16)24(32)14-4-5-17-20(8-14)34-23-21(17)22(25-13-26-23)28-18-9-15-6-7-27-31(15)12-19(18)33-3;1-27-14-8-24-11(4-5-22-24)7-13(14)23-17-16-12-3-2-10(19(25)26)6-15(12)28-18(16)21-9-20-17/h6-7,9,12-14,16H,4-5,8,10-11H2,1-3H3,(H,25,26,28);4-5,7-10H,2-3,6H2,1H3,(H,25,26)(H,20,21,23)/t14-;10-/m00/s1. The van der Waals surface area contributed by atoms with Crippen molar-refractivity contribution >= 4 is 89.0 Å². The summed E-state index contributed by atoms with van der Waals surface area (Å²) < 4.78 is 14.6. The maximum Gasteiger partial charge on any atom is 0.306 e. The zero-order valence-electron chi connectivity index (χ0n) is 34.5. The number of hydrogen-bond acceptors (Lipinski definition) is 15. The van der Waals surface area contributed by atoms with Gasteiger partial charge in [0.05, 0.1) is 65.7 Å². The maximum atomic E-state index is 13.1. The molecule has 0 aromatic carbocycles. The number of nitrogens with one attached hydrogen (secondary N) is 2. The van der Waals surface area contributed by atoms with Crippen molar-refractivity contribution in [2.45, 2.75) is 44.6 Å². The van der Waals surface area contributed by atoms with E-state index in [4.69, 9.17) is 9.47 Å². The summed E-state index contributed by atoms with van der Waals surface area (Å²) in [4.78, 5) is 50.9. The van der Waals surface area contributed by atoms with Crippen molar-refractivity contribution in [2.24, 2.45) is 11.8 Å². The van der Waals surface area contributed by atoms with Crippen LogP contribution in [0.2, 0.25) is 0 Å². The number of fused-ring (bicyclic) bond motifs is 8. The molecule has 0 spiro atoms. The first-order valence-corrected chi connectivity index (χ1v) is 22.0. The summed E-state index contributed by atoms with van der Waals surface area (Å²) in [6, 6.07) is 8.30. The molecule has 62 heavy (non-hydrogen) atoms. The number of carboxylic acid groups (broad SMARTS) is 1. The van der Waals surface area contributed by atoms with Crippen LogP contribution in [0.3, 0.4) is 0 Å². The fraction of sp³-hybridized carbons (Fsp3) is 0.349. The van der Waals surface area contributed by atoms with Crippen LogP contribution in [0.25, 0.3) is 31.5 Å². The van der Waals surface area contributed by atoms with Gasteiger partial charge >= 0.3 is 5.97 Å². The number of pyridine rings is 2. The van der Waals surface area contributed by atoms with E-state index in [1.165, 1.54) is 16.8 Å². The van der Waals surface area contributed by atoms with Gasteiger partial charge in [-0.3, -0.25) is 9.59 Å². The lowest BCUT2D eigenvalue weighted by Gasteiger charge is -2.44. The summed E-state index contributed by atoms with van der Waals surface area (Å²) in [5, 5.41) is 26.8. The van der Waals surface area contributed by atoms with Crippen molar-refractivity contribution < 1.29 is 24.2 Å². The molecule has 3 N–H and O–H groups in total. The molecule has 11 rings (SSSR count). The largest absolute Gasteiger partial charge is 0.493 e. The molecule has 1 aliphatic heterocycles. The van der Waals surface area contributed by atoms with Gasteiger partial charge in [0, 0.05) is 47.2 Å². The fourth-order valence-corrected chi connectivity index (χ4v) is 11.3. The Labute approximate surface area is 363 Å². The lowest BCUT2D eigenvalue weighted by atomic mass is 9.86. The van der Waals surface area contributed by atoms with E-state index in [0.717, 1.165) is 91.5 Å². The molecule has 0 unspecified atom stereocenters. The van der Waals surface area contributed by atoms with Crippen LogP contribution in [-0.4, -0.2) is 113 Å². The minimum atomic E-state index is -0.730. The van der Waals surface area contributed by atoms with E-state index in [-0.39, 0.29) is 11.8 Å². The first-order valence-electron chi connectivity index (χ1n) is 20.4. The van der Waals surface area contributed by atoms with Crippen LogP contribution in [0.5, 0.6) is 11.5 Å². The van der Waals surface area contributed by atoms with Crippen molar-refractivity contribution in [1.82, 2.24) is 49.0 Å². The van der Waals surface area contributed by atoms with Crippen LogP contribution in [-0.2, 0) is 35.3 Å². The van der Waals surface area contributed by atoms with E-state index < -0.39 is 5.97 Å². The lowest BCUT2D eigenvalue weighted by Crippen LogP contribution is -2.60. The highest BCUT2D eigenvalue weighted by Crippen LogP contribution is 2.43. The van der Waals surface area contributed by atoms with Crippen molar-refractivity contribution in [3.05, 3.63) is 82.6 Å². The minimum Gasteiger partial charge on any atom is -0.493 e. The minimum absolute atomic E-state index is 0.0532. The smallest absolute Gasteiger partial charge is 0.306 e. The van der Waals surface area contributed by atoms with Crippen LogP contribution in [0.4, 0.5) is 23.0 Å². The van der Waals surface area contributed by atoms with Crippen molar-refractivity contribution in [3.63, 3.8) is 0 Å². The first-order chi connectivity index (χ1) is 30.1. The van der Waals surface area contributed by atoms with E-state index in [1.54, 1.807) is 64.6 Å². The molecule has 0 radical (unpaired) electrons. The number of carbonyl (C=O) groups excluding carboxylic acids is 1. The highest BCUT2D eigenvalue weighted by Gasteiger charge is 2.38. The molecule has 2 aliphatic carbocycles. The third kappa shape index (κ3) is 7.18. The van der Waals surface area contributed by atoms with E-state index in [2.05, 4.69) is 59.8 Å². The SMILES string of the molecule is COc1cn2nccc2cc1Nc1ncnc2sc3c(c12)CC[C@H](C(=O)N1CC(N(C)C)C1)C3.COc1cn2nccc2cc1Nc1ncnc2sc3c(c12)CC[C@H](C(=O)O)C3. The Hall–Kier alpha value is -6.44. The third-order valence-electron chi connectivity index (χ3n) is 12.2. The van der Waals surface area contributed by atoms with Crippen LogP contribution in [0, 0.1) is 11.8 Å². The van der Waals surface area contributed by atoms with Gasteiger partial charge in [0.15, 0.2) is 11.5 Å². The molecular weight excluding hydrogens is 829 g/mol. The zero-order valence-corrected chi connectivity index (χ0v) is 36.2. The molecule has 3 aliphatic rings. The predicted octanol–water partition coefficient (Wildman–Crippen LogP) is 6.25. The summed E-state index contributed by atoms with van der Waals surface area (Å²) in [7, 11) is 7.41. The number of aryl methyl sites for hydroxylation is 2. The summed E-state index contributed by atoms with van der Waals surface area (Å²) in [6.45, 7) is 1.68. The monoisotopic (exact) mass is 872 g/mol. The second-order valence-corrected chi connectivity index (χ2v) is 18.2. The molecule has 8 aromatic rings. The number of thiophene rings is 2. The first kappa shape index (κ1) is 39.7. The molecule has 17 nitrogen and oxygen atoms in total. The van der Waals surface area contributed by atoms with E-state index >= 15 is 0 Å². The highest BCUT2D eigenvalue weighted by atomic mass is 32.1. The number of rotatable bonds is 9. The average Bonchev–Trinajstić information content (AvgIpc) is 4.07. The number of amides is 1. The molecule has 0 bridgehead atoms. The van der Waals surface area contributed by atoms with Gasteiger partial charge < -0.3 is 35.0 Å². The topological polar surface area (TPSA) is 190 Å². The van der Waals surface area contributed by atoms with Gasteiger partial charge in [-0.15, -0.1) is 22.7 Å². The fourth-order valence-electron chi connectivity index (χ4n) is 8.72. The molecule has 1 fully saturated rings. The van der Waals surface area contributed by atoms with Gasteiger partial charge in [-0.2, -0.15) is 10.2 Å². The Kier molecular flexibility index (Phi) is 10.3. The number of carbonyl (C=O) groups is 2. The van der Waals surface area contributed by atoms with E-state index in [9.17, 15) is 14.7 Å². The molecule has 8 aromatic heterocycles. The number of carboxylic acids is 1. The summed E-state index contributed by atoms with van der Waals surface area (Å²) in [5.74, 6) is 2.10. The molecule has 0 saturated carbocycles. The molecule has 1 saturated heterocycles. The van der Waals surface area contributed by atoms with Crippen molar-refractivity contribution in [1.29, 1.82) is 0 Å². The predicted molar refractivity (Wildman–Crippen MR) is 238 cm³/mol. The molecule has 19 heteroatoms. The molecule has 318 valence electrons. The highest BCUT2D eigenvalue weighted by molar-refractivity contribution is 7.19. The Morgan fingerprint density at radius 2 is 1.26 bits per heavy atom. The number of anilines is 4. The van der Waals surface area contributed by atoms with Crippen LogP contribution in [0.1, 0.15) is 33.7 Å². The van der Waals surface area contributed by atoms with Gasteiger partial charge in [0.1, 0.15) is 34.0 Å². The molecular formula is C43H44N12O5S2. The number of hydrogen-bond donors (Lipinski definition) is 3. The molecule has 9 heterocycles. The van der Waals surface area contributed by atoms with Crippen molar-refractivity contribution in [3.8, 4) is 11.5 Å².